The summed E-state index contributed by atoms with van der Waals surface area (Å²) in [5.74, 6) is -0.312. The smallest absolute Gasteiger partial charge is 0.348 e. The zero-order chi connectivity index (χ0) is 14.1. The molecule has 0 spiro atoms. The summed E-state index contributed by atoms with van der Waals surface area (Å²) in [6.07, 6.45) is 3.56. The number of carbonyl (C=O) groups excluding carboxylic acids is 1. The average molecular weight is 307 g/mol. The predicted octanol–water partition coefficient (Wildman–Crippen LogP) is 3.71. The normalized spacial score (nSPS) is 10.9. The fourth-order valence-corrected chi connectivity index (χ4v) is 2.86. The molecule has 0 fully saturated rings. The van der Waals surface area contributed by atoms with Crippen molar-refractivity contribution in [3.05, 3.63) is 57.1 Å². The Labute approximate surface area is 124 Å². The van der Waals surface area contributed by atoms with Gasteiger partial charge in [0.15, 0.2) is 0 Å². The minimum atomic E-state index is -0.312. The Morgan fingerprint density at radius 2 is 2.25 bits per heavy atom. The molecule has 0 unspecified atom stereocenters. The van der Waals surface area contributed by atoms with Crippen LogP contribution in [0.2, 0.25) is 5.02 Å². The highest BCUT2D eigenvalue weighted by Gasteiger charge is 2.13. The summed E-state index contributed by atoms with van der Waals surface area (Å²) in [7, 11) is 0. The molecule has 0 aliphatic carbocycles. The van der Waals surface area contributed by atoms with E-state index in [0.717, 1.165) is 11.2 Å². The maximum Gasteiger partial charge on any atom is 0.348 e. The fraction of sp³-hybridized carbons (Fsp3) is 0.143. The van der Waals surface area contributed by atoms with Crippen molar-refractivity contribution >= 4 is 34.6 Å². The van der Waals surface area contributed by atoms with Crippen molar-refractivity contribution in [3.8, 4) is 0 Å². The van der Waals surface area contributed by atoms with Gasteiger partial charge < -0.3 is 9.14 Å². The van der Waals surface area contributed by atoms with E-state index in [1.807, 2.05) is 28.8 Å². The number of nitrogens with zero attached hydrogens (tertiary/aromatic N) is 2. The second-order valence-corrected chi connectivity index (χ2v) is 5.71. The monoisotopic (exact) mass is 306 g/mol. The number of hydrogen-bond acceptors (Lipinski definition) is 4. The molecule has 0 amide bonds. The first-order chi connectivity index (χ1) is 9.63. The number of esters is 1. The van der Waals surface area contributed by atoms with E-state index in [9.17, 15) is 4.79 Å². The van der Waals surface area contributed by atoms with Crippen LogP contribution in [-0.2, 0) is 11.3 Å². The Bertz CT molecular complexity index is 778. The maximum absolute atomic E-state index is 11.9. The quantitative estimate of drug-likeness (QED) is 0.693. The first-order valence-electron chi connectivity index (χ1n) is 5.98. The number of imidazole rings is 1. The summed E-state index contributed by atoms with van der Waals surface area (Å²) < 4.78 is 7.08. The van der Waals surface area contributed by atoms with Crippen molar-refractivity contribution in [3.63, 3.8) is 0 Å². The van der Waals surface area contributed by atoms with Gasteiger partial charge in [0.05, 0.1) is 10.7 Å². The van der Waals surface area contributed by atoms with Gasteiger partial charge in [-0.1, -0.05) is 11.6 Å². The van der Waals surface area contributed by atoms with E-state index >= 15 is 0 Å². The molecule has 102 valence electrons. The number of hydrogen-bond donors (Lipinski definition) is 0. The number of aryl methyl sites for hydroxylation is 1. The molecule has 0 aliphatic heterocycles. The molecule has 0 radical (unpaired) electrons. The molecule has 0 N–H and O–H groups in total. The van der Waals surface area contributed by atoms with E-state index in [-0.39, 0.29) is 12.6 Å². The van der Waals surface area contributed by atoms with Crippen LogP contribution in [0.25, 0.3) is 5.65 Å². The van der Waals surface area contributed by atoms with Gasteiger partial charge in [-0.25, -0.2) is 9.78 Å². The lowest BCUT2D eigenvalue weighted by molar-refractivity contribution is 0.0473. The van der Waals surface area contributed by atoms with Crippen LogP contribution in [0.5, 0.6) is 0 Å². The van der Waals surface area contributed by atoms with Crippen LogP contribution in [0.15, 0.2) is 36.0 Å². The first kappa shape index (κ1) is 13.1. The molecule has 0 saturated heterocycles. The van der Waals surface area contributed by atoms with Gasteiger partial charge in [-0.05, 0) is 36.1 Å². The number of ether oxygens (including phenoxy) is 1. The highest BCUT2D eigenvalue weighted by Crippen LogP contribution is 2.18. The van der Waals surface area contributed by atoms with Gasteiger partial charge in [-0.2, -0.15) is 0 Å². The molecule has 6 heteroatoms. The second kappa shape index (κ2) is 5.26. The largest absolute Gasteiger partial charge is 0.455 e. The SMILES string of the molecule is Cc1ccsc1C(=O)OCc1cn2cc(Cl)ccc2n1. The maximum atomic E-state index is 11.9. The van der Waals surface area contributed by atoms with Crippen molar-refractivity contribution in [1.82, 2.24) is 9.38 Å². The third-order valence-electron chi connectivity index (χ3n) is 2.86. The van der Waals surface area contributed by atoms with Crippen LogP contribution < -0.4 is 0 Å². The summed E-state index contributed by atoms with van der Waals surface area (Å²) in [6.45, 7) is 2.04. The minimum absolute atomic E-state index is 0.148. The van der Waals surface area contributed by atoms with Crippen molar-refractivity contribution in [2.24, 2.45) is 0 Å². The number of carbonyl (C=O) groups is 1. The Morgan fingerprint density at radius 3 is 3.00 bits per heavy atom. The number of thiophene rings is 1. The zero-order valence-corrected chi connectivity index (χ0v) is 12.2. The second-order valence-electron chi connectivity index (χ2n) is 4.35. The fourth-order valence-electron chi connectivity index (χ4n) is 1.87. The van der Waals surface area contributed by atoms with Crippen molar-refractivity contribution < 1.29 is 9.53 Å². The molecule has 3 heterocycles. The summed E-state index contributed by atoms with van der Waals surface area (Å²) in [6, 6.07) is 5.49. The molecule has 3 rings (SSSR count). The molecule has 3 aromatic rings. The van der Waals surface area contributed by atoms with E-state index in [1.165, 1.54) is 11.3 Å². The Kier molecular flexibility index (Phi) is 3.46. The standard InChI is InChI=1S/C14H11ClN2O2S/c1-9-4-5-20-13(9)14(18)19-8-11-7-17-6-10(15)2-3-12(17)16-11/h2-7H,8H2,1H3. The van der Waals surface area contributed by atoms with Crippen molar-refractivity contribution in [2.45, 2.75) is 13.5 Å². The molecule has 0 bridgehead atoms. The lowest BCUT2D eigenvalue weighted by atomic mass is 10.3. The topological polar surface area (TPSA) is 43.6 Å². The molecule has 4 nitrogen and oxygen atoms in total. The molecule has 0 aliphatic rings. The Balaban J connectivity index is 1.74. The summed E-state index contributed by atoms with van der Waals surface area (Å²) in [4.78, 5) is 16.9. The number of halogens is 1. The van der Waals surface area contributed by atoms with Crippen LogP contribution in [0.3, 0.4) is 0 Å². The Hall–Kier alpha value is -1.85. The van der Waals surface area contributed by atoms with E-state index in [4.69, 9.17) is 16.3 Å². The molecule has 0 saturated carbocycles. The minimum Gasteiger partial charge on any atom is -0.455 e. The van der Waals surface area contributed by atoms with Gasteiger partial charge in [0.1, 0.15) is 17.1 Å². The van der Waals surface area contributed by atoms with Gasteiger partial charge in [0.2, 0.25) is 0 Å². The number of pyridine rings is 1. The zero-order valence-electron chi connectivity index (χ0n) is 10.7. The molecule has 3 aromatic heterocycles. The van der Waals surface area contributed by atoms with Crippen LogP contribution >= 0.6 is 22.9 Å². The summed E-state index contributed by atoms with van der Waals surface area (Å²) >= 11 is 7.29. The van der Waals surface area contributed by atoms with Crippen molar-refractivity contribution in [1.29, 1.82) is 0 Å². The van der Waals surface area contributed by atoms with Crippen LogP contribution in [0.4, 0.5) is 0 Å². The van der Waals surface area contributed by atoms with Gasteiger partial charge in [-0.15, -0.1) is 11.3 Å². The van der Waals surface area contributed by atoms with Gasteiger partial charge in [-0.3, -0.25) is 0 Å². The highest BCUT2D eigenvalue weighted by atomic mass is 35.5. The summed E-state index contributed by atoms with van der Waals surface area (Å²) in [5, 5.41) is 2.51. The lowest BCUT2D eigenvalue weighted by Crippen LogP contribution is -2.04. The number of rotatable bonds is 3. The molecular formula is C14H11ClN2O2S. The number of fused-ring (bicyclic) bond motifs is 1. The van der Waals surface area contributed by atoms with E-state index in [0.29, 0.717) is 15.6 Å². The average Bonchev–Trinajstić information content (AvgIpc) is 3.01. The van der Waals surface area contributed by atoms with Gasteiger partial charge in [0, 0.05) is 12.4 Å². The molecule has 20 heavy (non-hydrogen) atoms. The third kappa shape index (κ3) is 2.55. The van der Waals surface area contributed by atoms with Crippen molar-refractivity contribution in [2.75, 3.05) is 0 Å². The van der Waals surface area contributed by atoms with E-state index in [1.54, 1.807) is 18.5 Å². The predicted molar refractivity (Wildman–Crippen MR) is 78.4 cm³/mol. The van der Waals surface area contributed by atoms with E-state index in [2.05, 4.69) is 4.98 Å². The first-order valence-corrected chi connectivity index (χ1v) is 7.23. The molecule has 0 aromatic carbocycles. The summed E-state index contributed by atoms with van der Waals surface area (Å²) in [5.41, 5.74) is 2.39. The van der Waals surface area contributed by atoms with Gasteiger partial charge >= 0.3 is 5.97 Å². The molecule has 0 atom stereocenters. The Morgan fingerprint density at radius 1 is 1.40 bits per heavy atom. The van der Waals surface area contributed by atoms with Crippen LogP contribution in [-0.4, -0.2) is 15.4 Å². The van der Waals surface area contributed by atoms with Crippen LogP contribution in [0, 0.1) is 6.92 Å². The third-order valence-corrected chi connectivity index (χ3v) is 4.08. The van der Waals surface area contributed by atoms with Gasteiger partial charge in [0.25, 0.3) is 0 Å². The molecular weight excluding hydrogens is 296 g/mol. The van der Waals surface area contributed by atoms with E-state index < -0.39 is 0 Å². The lowest BCUT2D eigenvalue weighted by Gasteiger charge is -2.01. The van der Waals surface area contributed by atoms with Crippen LogP contribution in [0.1, 0.15) is 20.9 Å². The highest BCUT2D eigenvalue weighted by molar-refractivity contribution is 7.12. The number of aromatic nitrogens is 2.